The molecule has 116 valence electrons. The average molecular weight is 294 g/mol. The van der Waals surface area contributed by atoms with Crippen LogP contribution in [0.4, 0.5) is 0 Å². The lowest BCUT2D eigenvalue weighted by Gasteiger charge is -2.20. The third-order valence-corrected chi connectivity index (χ3v) is 2.78. The molecule has 0 aromatic heterocycles. The van der Waals surface area contributed by atoms with Crippen LogP contribution in [-0.4, -0.2) is 19.0 Å². The minimum absolute atomic E-state index is 0.302. The lowest BCUT2D eigenvalue weighted by atomic mass is 10.2. The molecule has 0 fully saturated rings. The summed E-state index contributed by atoms with van der Waals surface area (Å²) in [6.07, 6.45) is -1.04. The van der Waals surface area contributed by atoms with E-state index in [0.717, 1.165) is 0 Å². The van der Waals surface area contributed by atoms with Crippen molar-refractivity contribution >= 4 is 11.9 Å². The molecule has 0 bridgehead atoms. The van der Waals surface area contributed by atoms with Crippen molar-refractivity contribution in [2.24, 2.45) is 11.8 Å². The van der Waals surface area contributed by atoms with Gasteiger partial charge in [-0.25, -0.2) is 0 Å². The highest BCUT2D eigenvalue weighted by atomic mass is 16.7. The van der Waals surface area contributed by atoms with Gasteiger partial charge in [0.15, 0.2) is 0 Å². The molecule has 21 heavy (non-hydrogen) atoms. The van der Waals surface area contributed by atoms with E-state index in [1.54, 1.807) is 59.1 Å². The fourth-order valence-electron chi connectivity index (χ4n) is 1.40. The largest absolute Gasteiger partial charge is 0.497 e. The van der Waals surface area contributed by atoms with E-state index in [-0.39, 0.29) is 11.8 Å². The van der Waals surface area contributed by atoms with Gasteiger partial charge in [-0.3, -0.25) is 9.59 Å². The van der Waals surface area contributed by atoms with Crippen molar-refractivity contribution in [1.82, 2.24) is 0 Å². The zero-order valence-electron chi connectivity index (χ0n) is 13.1. The quantitative estimate of drug-likeness (QED) is 0.596. The number of hydrogen-bond acceptors (Lipinski definition) is 5. The molecule has 0 aliphatic heterocycles. The normalized spacial score (nSPS) is 10.9. The average Bonchev–Trinajstić information content (AvgIpc) is 2.46. The molecule has 0 radical (unpaired) electrons. The van der Waals surface area contributed by atoms with Crippen LogP contribution in [0.3, 0.4) is 0 Å². The zero-order valence-corrected chi connectivity index (χ0v) is 13.1. The first kappa shape index (κ1) is 17.0. The number of methoxy groups -OCH3 is 1. The van der Waals surface area contributed by atoms with Gasteiger partial charge >= 0.3 is 11.9 Å². The number of carbonyl (C=O) groups is 2. The maximum Gasteiger partial charge on any atom is 0.311 e. The Morgan fingerprint density at radius 1 is 0.857 bits per heavy atom. The monoisotopic (exact) mass is 294 g/mol. The minimum Gasteiger partial charge on any atom is -0.497 e. The molecule has 0 saturated carbocycles. The van der Waals surface area contributed by atoms with Crippen molar-refractivity contribution in [3.05, 3.63) is 29.8 Å². The molecule has 0 spiro atoms. The highest BCUT2D eigenvalue weighted by Gasteiger charge is 2.24. The predicted octanol–water partition coefficient (Wildman–Crippen LogP) is 3.09. The molecule has 0 atom stereocenters. The van der Waals surface area contributed by atoms with E-state index in [9.17, 15) is 9.59 Å². The SMILES string of the molecule is COc1ccc(C(OC(=O)C(C)C)OC(=O)C(C)C)cc1. The standard InChI is InChI=1S/C16H22O5/c1-10(2)14(17)20-16(21-15(18)11(3)4)12-6-8-13(19-5)9-7-12/h6-11,16H,1-5H3. The Morgan fingerprint density at radius 3 is 1.62 bits per heavy atom. The summed E-state index contributed by atoms with van der Waals surface area (Å²) in [5, 5.41) is 0. The van der Waals surface area contributed by atoms with Gasteiger partial charge in [-0.15, -0.1) is 0 Å². The number of benzene rings is 1. The van der Waals surface area contributed by atoms with E-state index in [4.69, 9.17) is 14.2 Å². The first-order valence-electron chi connectivity index (χ1n) is 6.90. The summed E-state index contributed by atoms with van der Waals surface area (Å²) < 4.78 is 15.6. The Hall–Kier alpha value is -2.04. The van der Waals surface area contributed by atoms with Crippen molar-refractivity contribution in [3.63, 3.8) is 0 Å². The summed E-state index contributed by atoms with van der Waals surface area (Å²) in [5.41, 5.74) is 0.582. The summed E-state index contributed by atoms with van der Waals surface area (Å²) in [4.78, 5) is 23.5. The summed E-state index contributed by atoms with van der Waals surface area (Å²) in [6.45, 7) is 6.88. The van der Waals surface area contributed by atoms with Gasteiger partial charge in [0.1, 0.15) is 5.75 Å². The van der Waals surface area contributed by atoms with Crippen LogP contribution in [0.15, 0.2) is 24.3 Å². The second-order valence-electron chi connectivity index (χ2n) is 5.29. The van der Waals surface area contributed by atoms with E-state index < -0.39 is 18.2 Å². The van der Waals surface area contributed by atoms with E-state index >= 15 is 0 Å². The molecule has 0 aliphatic rings. The minimum atomic E-state index is -1.04. The zero-order chi connectivity index (χ0) is 16.0. The van der Waals surface area contributed by atoms with Gasteiger partial charge in [0.2, 0.25) is 0 Å². The van der Waals surface area contributed by atoms with Crippen molar-refractivity contribution in [1.29, 1.82) is 0 Å². The summed E-state index contributed by atoms with van der Waals surface area (Å²) >= 11 is 0. The van der Waals surface area contributed by atoms with Gasteiger partial charge in [-0.1, -0.05) is 27.7 Å². The van der Waals surface area contributed by atoms with Gasteiger partial charge in [0.05, 0.1) is 18.9 Å². The smallest absolute Gasteiger partial charge is 0.311 e. The van der Waals surface area contributed by atoms with E-state index in [1.165, 1.54) is 0 Å². The van der Waals surface area contributed by atoms with Crippen LogP contribution < -0.4 is 4.74 Å². The van der Waals surface area contributed by atoms with Gasteiger partial charge in [0, 0.05) is 5.56 Å². The van der Waals surface area contributed by atoms with Crippen LogP contribution in [0.25, 0.3) is 0 Å². The van der Waals surface area contributed by atoms with E-state index in [2.05, 4.69) is 0 Å². The van der Waals surface area contributed by atoms with Crippen molar-refractivity contribution in [2.75, 3.05) is 7.11 Å². The molecule has 0 N–H and O–H groups in total. The number of carbonyl (C=O) groups excluding carboxylic acids is 2. The molecular formula is C16H22O5. The van der Waals surface area contributed by atoms with Crippen molar-refractivity contribution < 1.29 is 23.8 Å². The molecule has 1 aromatic rings. The van der Waals surface area contributed by atoms with E-state index in [1.807, 2.05) is 0 Å². The Bertz CT molecular complexity index is 454. The summed E-state index contributed by atoms with van der Waals surface area (Å²) in [6, 6.07) is 6.83. The van der Waals surface area contributed by atoms with Gasteiger partial charge in [-0.2, -0.15) is 0 Å². The van der Waals surface area contributed by atoms with Crippen molar-refractivity contribution in [2.45, 2.75) is 34.0 Å². The number of ether oxygens (including phenoxy) is 3. The number of esters is 2. The Kier molecular flexibility index (Phi) is 6.21. The second kappa shape index (κ2) is 7.67. The van der Waals surface area contributed by atoms with Gasteiger partial charge < -0.3 is 14.2 Å². The van der Waals surface area contributed by atoms with Gasteiger partial charge in [-0.05, 0) is 24.3 Å². The lowest BCUT2D eigenvalue weighted by molar-refractivity contribution is -0.194. The topological polar surface area (TPSA) is 61.8 Å². The molecule has 0 unspecified atom stereocenters. The summed E-state index contributed by atoms with van der Waals surface area (Å²) in [5.74, 6) is -0.783. The molecule has 5 nitrogen and oxygen atoms in total. The van der Waals surface area contributed by atoms with Crippen LogP contribution in [0.2, 0.25) is 0 Å². The number of hydrogen-bond donors (Lipinski definition) is 0. The first-order valence-corrected chi connectivity index (χ1v) is 6.90. The second-order valence-corrected chi connectivity index (χ2v) is 5.29. The molecule has 5 heteroatoms. The molecule has 1 aromatic carbocycles. The molecule has 0 amide bonds. The molecule has 1 rings (SSSR count). The summed E-state index contributed by atoms with van der Waals surface area (Å²) in [7, 11) is 1.56. The number of rotatable bonds is 6. The molecule has 0 saturated heterocycles. The Balaban J connectivity index is 2.93. The fraction of sp³-hybridized carbons (Fsp3) is 0.500. The third-order valence-electron chi connectivity index (χ3n) is 2.78. The maximum atomic E-state index is 11.8. The van der Waals surface area contributed by atoms with Gasteiger partial charge in [0.25, 0.3) is 6.29 Å². The Labute approximate surface area is 125 Å². The third kappa shape index (κ3) is 5.10. The Morgan fingerprint density at radius 2 is 1.29 bits per heavy atom. The molecular weight excluding hydrogens is 272 g/mol. The van der Waals surface area contributed by atoms with E-state index in [0.29, 0.717) is 11.3 Å². The molecule has 0 aliphatic carbocycles. The first-order chi connectivity index (χ1) is 9.85. The maximum absolute atomic E-state index is 11.8. The van der Waals surface area contributed by atoms with Crippen LogP contribution in [-0.2, 0) is 19.1 Å². The van der Waals surface area contributed by atoms with Crippen LogP contribution >= 0.6 is 0 Å². The van der Waals surface area contributed by atoms with Crippen LogP contribution in [0, 0.1) is 11.8 Å². The van der Waals surface area contributed by atoms with Crippen molar-refractivity contribution in [3.8, 4) is 5.75 Å². The highest BCUT2D eigenvalue weighted by molar-refractivity contribution is 5.73. The van der Waals surface area contributed by atoms with Crippen LogP contribution in [0.1, 0.15) is 39.5 Å². The lowest BCUT2D eigenvalue weighted by Crippen LogP contribution is -2.22. The molecule has 0 heterocycles. The van der Waals surface area contributed by atoms with Crippen LogP contribution in [0.5, 0.6) is 5.75 Å². The highest BCUT2D eigenvalue weighted by Crippen LogP contribution is 2.24. The fourth-order valence-corrected chi connectivity index (χ4v) is 1.40. The predicted molar refractivity (Wildman–Crippen MR) is 77.6 cm³/mol.